The number of aliphatic hydroxyl groups is 1. The summed E-state index contributed by atoms with van der Waals surface area (Å²) < 4.78 is 0. The van der Waals surface area contributed by atoms with Gasteiger partial charge in [-0.3, -0.25) is 4.79 Å². The third-order valence-corrected chi connectivity index (χ3v) is 6.46. The van der Waals surface area contributed by atoms with Crippen LogP contribution < -0.4 is 5.32 Å². The van der Waals surface area contributed by atoms with Crippen molar-refractivity contribution in [3.8, 4) is 11.8 Å². The molecule has 1 amide bonds. The molecule has 1 aliphatic rings. The van der Waals surface area contributed by atoms with Crippen LogP contribution in [-0.4, -0.2) is 46.7 Å². The number of aliphatic hydroxyl groups excluding tert-OH is 1. The van der Waals surface area contributed by atoms with Crippen LogP contribution in [0.5, 0.6) is 0 Å². The lowest BCUT2D eigenvalue weighted by Gasteiger charge is -2.20. The van der Waals surface area contributed by atoms with Gasteiger partial charge in [0.2, 0.25) is 0 Å². The van der Waals surface area contributed by atoms with Crippen molar-refractivity contribution in [2.24, 2.45) is 0 Å². The summed E-state index contributed by atoms with van der Waals surface area (Å²) >= 11 is 5.30. The molecule has 20 heavy (non-hydrogen) atoms. The van der Waals surface area contributed by atoms with Gasteiger partial charge in [0.05, 0.1) is 6.61 Å². The summed E-state index contributed by atoms with van der Waals surface area (Å²) in [6.45, 7) is 0.771. The molecule has 0 aromatic carbocycles. The predicted octanol–water partition coefficient (Wildman–Crippen LogP) is 2.06. The molecule has 1 atom stereocenters. The molecule has 2 heterocycles. The number of nitrogens with one attached hydrogen (secondary N) is 1. The first-order valence-electron chi connectivity index (χ1n) is 6.46. The number of thiophene rings is 1. The zero-order chi connectivity index (χ0) is 14.2. The molecular weight excluding hydrogens is 310 g/mol. The van der Waals surface area contributed by atoms with E-state index in [1.54, 1.807) is 0 Å². The van der Waals surface area contributed by atoms with Crippen molar-refractivity contribution in [3.05, 3.63) is 21.9 Å². The average molecular weight is 327 g/mol. The molecule has 1 aliphatic heterocycles. The summed E-state index contributed by atoms with van der Waals surface area (Å²) in [7, 11) is 0. The van der Waals surface area contributed by atoms with E-state index in [1.807, 2.05) is 35.0 Å². The van der Waals surface area contributed by atoms with Crippen LogP contribution >= 0.6 is 34.9 Å². The highest BCUT2D eigenvalue weighted by Crippen LogP contribution is 2.23. The van der Waals surface area contributed by atoms with Gasteiger partial charge in [0.1, 0.15) is 4.88 Å². The first kappa shape index (κ1) is 15.8. The summed E-state index contributed by atoms with van der Waals surface area (Å²) in [6.07, 6.45) is 0.437. The van der Waals surface area contributed by atoms with Crippen molar-refractivity contribution in [3.63, 3.8) is 0 Å². The molecule has 1 aromatic heterocycles. The second-order valence-electron chi connectivity index (χ2n) is 4.22. The Balaban J connectivity index is 1.89. The highest BCUT2D eigenvalue weighted by atomic mass is 32.2. The van der Waals surface area contributed by atoms with Crippen LogP contribution in [-0.2, 0) is 0 Å². The highest BCUT2D eigenvalue weighted by Gasteiger charge is 2.17. The van der Waals surface area contributed by atoms with Gasteiger partial charge in [-0.05, 0) is 11.4 Å². The number of amides is 1. The first-order valence-corrected chi connectivity index (χ1v) is 9.54. The Morgan fingerprint density at radius 2 is 2.40 bits per heavy atom. The van der Waals surface area contributed by atoms with E-state index < -0.39 is 0 Å². The topological polar surface area (TPSA) is 49.3 Å². The fraction of sp³-hybridized carbons (Fsp3) is 0.500. The SMILES string of the molecule is O=C(NCC1CSCCS1)c1sccc1C#CCCO. The van der Waals surface area contributed by atoms with Gasteiger partial charge in [-0.1, -0.05) is 11.8 Å². The Kier molecular flexibility index (Phi) is 6.80. The average Bonchev–Trinajstić information content (AvgIpc) is 2.95. The van der Waals surface area contributed by atoms with E-state index in [1.165, 1.54) is 22.8 Å². The number of thioether (sulfide) groups is 2. The van der Waals surface area contributed by atoms with E-state index in [2.05, 4.69) is 17.2 Å². The molecule has 0 radical (unpaired) electrons. The summed E-state index contributed by atoms with van der Waals surface area (Å²) in [5.74, 6) is 9.25. The van der Waals surface area contributed by atoms with Gasteiger partial charge < -0.3 is 10.4 Å². The summed E-state index contributed by atoms with van der Waals surface area (Å²) in [5, 5.41) is 14.1. The zero-order valence-electron chi connectivity index (χ0n) is 11.1. The smallest absolute Gasteiger partial charge is 0.262 e. The predicted molar refractivity (Wildman–Crippen MR) is 88.8 cm³/mol. The molecule has 0 spiro atoms. The van der Waals surface area contributed by atoms with Crippen molar-refractivity contribution < 1.29 is 9.90 Å². The normalized spacial score (nSPS) is 18.1. The molecule has 0 saturated carbocycles. The van der Waals surface area contributed by atoms with Crippen molar-refractivity contribution in [1.82, 2.24) is 5.32 Å². The van der Waals surface area contributed by atoms with Crippen LogP contribution in [0.3, 0.4) is 0 Å². The largest absolute Gasteiger partial charge is 0.395 e. The van der Waals surface area contributed by atoms with Crippen LogP contribution in [0.2, 0.25) is 0 Å². The third kappa shape index (κ3) is 4.74. The molecule has 2 rings (SSSR count). The highest BCUT2D eigenvalue weighted by molar-refractivity contribution is 8.06. The van der Waals surface area contributed by atoms with Crippen molar-refractivity contribution >= 4 is 40.8 Å². The molecule has 1 saturated heterocycles. The van der Waals surface area contributed by atoms with Crippen molar-refractivity contribution in [1.29, 1.82) is 0 Å². The maximum atomic E-state index is 12.2. The molecule has 0 bridgehead atoms. The van der Waals surface area contributed by atoms with Gasteiger partial charge in [0.15, 0.2) is 0 Å². The lowest BCUT2D eigenvalue weighted by atomic mass is 10.2. The van der Waals surface area contributed by atoms with Gasteiger partial charge in [-0.15, -0.1) is 11.3 Å². The number of hydrogen-bond donors (Lipinski definition) is 2. The van der Waals surface area contributed by atoms with Crippen LogP contribution in [0.15, 0.2) is 11.4 Å². The number of rotatable bonds is 4. The van der Waals surface area contributed by atoms with Crippen molar-refractivity contribution in [2.45, 2.75) is 11.7 Å². The minimum atomic E-state index is -0.0375. The quantitative estimate of drug-likeness (QED) is 0.831. The molecule has 2 N–H and O–H groups in total. The van der Waals surface area contributed by atoms with E-state index >= 15 is 0 Å². The van der Waals surface area contributed by atoms with Gasteiger partial charge in [-0.25, -0.2) is 0 Å². The Labute approximate surface area is 131 Å². The Morgan fingerprint density at radius 3 is 3.15 bits per heavy atom. The molecule has 0 aliphatic carbocycles. The molecule has 1 fully saturated rings. The number of carbonyl (C=O) groups is 1. The Hall–Kier alpha value is -0.610. The van der Waals surface area contributed by atoms with E-state index in [-0.39, 0.29) is 12.5 Å². The minimum Gasteiger partial charge on any atom is -0.395 e. The Bertz CT molecular complexity index is 498. The Morgan fingerprint density at radius 1 is 1.50 bits per heavy atom. The van der Waals surface area contributed by atoms with Gasteiger partial charge in [-0.2, -0.15) is 23.5 Å². The van der Waals surface area contributed by atoms with Gasteiger partial charge in [0, 0.05) is 41.0 Å². The van der Waals surface area contributed by atoms with Crippen LogP contribution in [0, 0.1) is 11.8 Å². The fourth-order valence-electron chi connectivity index (χ4n) is 1.74. The third-order valence-electron chi connectivity index (χ3n) is 2.71. The van der Waals surface area contributed by atoms with E-state index in [9.17, 15) is 4.79 Å². The van der Waals surface area contributed by atoms with Gasteiger partial charge in [0.25, 0.3) is 5.91 Å². The van der Waals surface area contributed by atoms with Gasteiger partial charge >= 0.3 is 0 Å². The first-order chi connectivity index (χ1) is 9.81. The fourth-order valence-corrected chi connectivity index (χ4v) is 5.12. The van der Waals surface area contributed by atoms with Crippen LogP contribution in [0.1, 0.15) is 21.7 Å². The standard InChI is InChI=1S/C14H17NO2S3/c16-5-2-1-3-11-4-6-20-13(11)14(17)15-9-12-10-18-7-8-19-12/h4,6,12,16H,2,5,7-10H2,(H,15,17). The molecule has 108 valence electrons. The van der Waals surface area contributed by atoms with E-state index in [0.29, 0.717) is 16.5 Å². The van der Waals surface area contributed by atoms with Crippen LogP contribution in [0.4, 0.5) is 0 Å². The molecular formula is C14H17NO2S3. The zero-order valence-corrected chi connectivity index (χ0v) is 13.5. The lowest BCUT2D eigenvalue weighted by molar-refractivity contribution is 0.0958. The monoisotopic (exact) mass is 327 g/mol. The molecule has 1 unspecified atom stereocenters. The summed E-state index contributed by atoms with van der Waals surface area (Å²) in [6, 6.07) is 1.86. The lowest BCUT2D eigenvalue weighted by Crippen LogP contribution is -2.33. The molecule has 6 heteroatoms. The van der Waals surface area contributed by atoms with E-state index in [4.69, 9.17) is 5.11 Å². The summed E-state index contributed by atoms with van der Waals surface area (Å²) in [5.41, 5.74) is 0.756. The minimum absolute atomic E-state index is 0.0375. The second kappa shape index (κ2) is 8.63. The summed E-state index contributed by atoms with van der Waals surface area (Å²) in [4.78, 5) is 12.8. The maximum Gasteiger partial charge on any atom is 0.262 e. The molecule has 3 nitrogen and oxygen atoms in total. The number of carbonyl (C=O) groups excluding carboxylic acids is 1. The number of hydrogen-bond acceptors (Lipinski definition) is 5. The van der Waals surface area contributed by atoms with E-state index in [0.717, 1.165) is 17.9 Å². The van der Waals surface area contributed by atoms with Crippen molar-refractivity contribution in [2.75, 3.05) is 30.4 Å². The van der Waals surface area contributed by atoms with Crippen LogP contribution in [0.25, 0.3) is 0 Å². The second-order valence-corrected chi connectivity index (χ2v) is 7.69. The maximum absolute atomic E-state index is 12.2. The molecule has 1 aromatic rings.